The maximum absolute atomic E-state index is 12.6. The van der Waals surface area contributed by atoms with Crippen molar-refractivity contribution >= 4 is 23.9 Å². The number of unbranched alkanes of at least 4 members (excludes halogenated alkanes) is 1. The van der Waals surface area contributed by atoms with Crippen LogP contribution in [0.2, 0.25) is 0 Å². The molecule has 8 nitrogen and oxygen atoms in total. The number of ether oxygens (including phenoxy) is 4. The zero-order chi connectivity index (χ0) is 29.8. The summed E-state index contributed by atoms with van der Waals surface area (Å²) in [5, 5.41) is 0. The van der Waals surface area contributed by atoms with Crippen LogP contribution in [-0.2, 0) is 38.1 Å². The van der Waals surface area contributed by atoms with Gasteiger partial charge in [-0.05, 0) is 24.7 Å². The number of esters is 4. The van der Waals surface area contributed by atoms with Gasteiger partial charge in [-0.25, -0.2) is 0 Å². The molecule has 0 amide bonds. The van der Waals surface area contributed by atoms with E-state index in [2.05, 4.69) is 0 Å². The average Bonchev–Trinajstić information content (AvgIpc) is 2.79. The van der Waals surface area contributed by atoms with E-state index in [-0.39, 0.29) is 73.6 Å². The van der Waals surface area contributed by atoms with Gasteiger partial charge in [-0.1, -0.05) is 83.1 Å². The topological polar surface area (TPSA) is 105 Å². The van der Waals surface area contributed by atoms with Crippen molar-refractivity contribution in [3.05, 3.63) is 0 Å². The minimum absolute atomic E-state index is 0.0396. The third kappa shape index (κ3) is 13.1. The molecule has 0 aliphatic heterocycles. The molecule has 0 aromatic rings. The first kappa shape index (κ1) is 35.9. The van der Waals surface area contributed by atoms with E-state index in [0.29, 0.717) is 12.8 Å². The second kappa shape index (κ2) is 16.1. The lowest BCUT2D eigenvalue weighted by atomic mass is 9.81. The fraction of sp³-hybridized carbons (Fsp3) is 0.867. The van der Waals surface area contributed by atoms with E-state index in [0.717, 1.165) is 0 Å². The Labute approximate surface area is 230 Å². The third-order valence-electron chi connectivity index (χ3n) is 6.40. The van der Waals surface area contributed by atoms with E-state index in [1.54, 1.807) is 27.7 Å². The van der Waals surface area contributed by atoms with E-state index in [1.165, 1.54) is 0 Å². The quantitative estimate of drug-likeness (QED) is 0.123. The second-order valence-electron chi connectivity index (χ2n) is 13.0. The maximum atomic E-state index is 12.6. The van der Waals surface area contributed by atoms with E-state index in [4.69, 9.17) is 18.9 Å². The molecule has 2 unspecified atom stereocenters. The summed E-state index contributed by atoms with van der Waals surface area (Å²) in [6.45, 7) is 23.0. The smallest absolute Gasteiger partial charge is 0.308 e. The van der Waals surface area contributed by atoms with Crippen LogP contribution in [0.4, 0.5) is 0 Å². The molecule has 0 aliphatic carbocycles. The van der Waals surface area contributed by atoms with Gasteiger partial charge in [0.15, 0.2) is 0 Å². The van der Waals surface area contributed by atoms with Crippen LogP contribution in [0.25, 0.3) is 0 Å². The maximum Gasteiger partial charge on any atom is 0.308 e. The monoisotopic (exact) mass is 542 g/mol. The molecule has 0 bridgehead atoms. The van der Waals surface area contributed by atoms with Crippen LogP contribution in [0.1, 0.15) is 109 Å². The lowest BCUT2D eigenvalue weighted by molar-refractivity contribution is -0.169. The van der Waals surface area contributed by atoms with Crippen molar-refractivity contribution in [3.8, 4) is 0 Å². The summed E-state index contributed by atoms with van der Waals surface area (Å²) in [7, 11) is 0. The Morgan fingerprint density at radius 1 is 0.553 bits per heavy atom. The van der Waals surface area contributed by atoms with Gasteiger partial charge >= 0.3 is 23.9 Å². The molecule has 0 rings (SSSR count). The van der Waals surface area contributed by atoms with Crippen molar-refractivity contribution in [1.29, 1.82) is 0 Å². The zero-order valence-electron chi connectivity index (χ0n) is 26.0. The van der Waals surface area contributed by atoms with Crippen LogP contribution in [0.5, 0.6) is 0 Å². The van der Waals surface area contributed by atoms with Crippen molar-refractivity contribution in [3.63, 3.8) is 0 Å². The van der Waals surface area contributed by atoms with Gasteiger partial charge in [0.25, 0.3) is 0 Å². The Bertz CT molecular complexity index is 700. The Balaban J connectivity index is 4.78. The van der Waals surface area contributed by atoms with Crippen LogP contribution in [0.3, 0.4) is 0 Å². The Morgan fingerprint density at radius 2 is 0.842 bits per heavy atom. The largest absolute Gasteiger partial charge is 0.465 e. The van der Waals surface area contributed by atoms with E-state index in [9.17, 15) is 19.2 Å². The second-order valence-corrected chi connectivity index (χ2v) is 13.0. The lowest BCUT2D eigenvalue weighted by Crippen LogP contribution is -2.42. The SMILES string of the molecule is CC(C)C(=O)OCC(C)(C)C(OC(=O)CCCCC(=O)OC(C(C)C)C(C)(C)COC(=O)C(C)C)C(C)C. The molecule has 8 heteroatoms. The summed E-state index contributed by atoms with van der Waals surface area (Å²) >= 11 is 0. The minimum atomic E-state index is -0.541. The predicted octanol–water partition coefficient (Wildman–Crippen LogP) is 6.13. The highest BCUT2D eigenvalue weighted by atomic mass is 16.6. The molecule has 222 valence electrons. The Hall–Kier alpha value is -2.12. The van der Waals surface area contributed by atoms with E-state index < -0.39 is 23.0 Å². The van der Waals surface area contributed by atoms with E-state index in [1.807, 2.05) is 55.4 Å². The fourth-order valence-corrected chi connectivity index (χ4v) is 4.35. The summed E-state index contributed by atoms with van der Waals surface area (Å²) in [4.78, 5) is 48.9. The highest BCUT2D eigenvalue weighted by Crippen LogP contribution is 2.31. The molecular weight excluding hydrogens is 488 g/mol. The Morgan fingerprint density at radius 3 is 1.08 bits per heavy atom. The van der Waals surface area contributed by atoms with Crippen molar-refractivity contribution in [2.24, 2.45) is 34.5 Å². The van der Waals surface area contributed by atoms with Crippen molar-refractivity contribution < 1.29 is 38.1 Å². The molecule has 0 aromatic carbocycles. The van der Waals surface area contributed by atoms with Crippen molar-refractivity contribution in [2.45, 2.75) is 121 Å². The molecule has 2 atom stereocenters. The molecule has 0 aliphatic rings. The van der Waals surface area contributed by atoms with Crippen LogP contribution in [0.15, 0.2) is 0 Å². The first-order valence-electron chi connectivity index (χ1n) is 14.0. The van der Waals surface area contributed by atoms with Gasteiger partial charge in [-0.2, -0.15) is 0 Å². The summed E-state index contributed by atoms with van der Waals surface area (Å²) in [5.41, 5.74) is -1.08. The van der Waals surface area contributed by atoms with Crippen molar-refractivity contribution in [1.82, 2.24) is 0 Å². The fourth-order valence-electron chi connectivity index (χ4n) is 4.35. The normalized spacial score (nSPS) is 14.0. The first-order chi connectivity index (χ1) is 17.3. The number of rotatable bonds is 17. The predicted molar refractivity (Wildman–Crippen MR) is 147 cm³/mol. The van der Waals surface area contributed by atoms with Gasteiger partial charge in [-0.15, -0.1) is 0 Å². The van der Waals surface area contributed by atoms with Gasteiger partial charge < -0.3 is 18.9 Å². The minimum Gasteiger partial charge on any atom is -0.465 e. The number of hydrogen-bond donors (Lipinski definition) is 0. The molecule has 0 heterocycles. The zero-order valence-corrected chi connectivity index (χ0v) is 26.0. The summed E-state index contributed by atoms with van der Waals surface area (Å²) in [6.07, 6.45) is 0.509. The van der Waals surface area contributed by atoms with Gasteiger partial charge in [0.2, 0.25) is 0 Å². The van der Waals surface area contributed by atoms with Crippen LogP contribution >= 0.6 is 0 Å². The average molecular weight is 543 g/mol. The summed E-state index contributed by atoms with van der Waals surface area (Å²) in [6, 6.07) is 0. The molecule has 0 fully saturated rings. The number of carbonyl (C=O) groups is 4. The number of hydrogen-bond acceptors (Lipinski definition) is 8. The summed E-state index contributed by atoms with van der Waals surface area (Å²) < 4.78 is 22.4. The standard InChI is InChI=1S/C30H54O8/c1-19(2)25(29(9,10)17-35-27(33)21(5)6)37-23(31)15-13-14-16-24(32)38-26(20(3)4)30(11,12)18-36-28(34)22(7)8/h19-22,25-26H,13-18H2,1-12H3. The van der Waals surface area contributed by atoms with Crippen LogP contribution in [0, 0.1) is 34.5 Å². The molecule has 0 radical (unpaired) electrons. The van der Waals surface area contributed by atoms with Gasteiger partial charge in [0.05, 0.1) is 25.0 Å². The highest BCUT2D eigenvalue weighted by molar-refractivity contribution is 5.72. The van der Waals surface area contributed by atoms with Gasteiger partial charge in [0, 0.05) is 23.7 Å². The van der Waals surface area contributed by atoms with Crippen molar-refractivity contribution in [2.75, 3.05) is 13.2 Å². The lowest BCUT2D eigenvalue weighted by Gasteiger charge is -2.36. The first-order valence-corrected chi connectivity index (χ1v) is 14.0. The Kier molecular flexibility index (Phi) is 15.2. The third-order valence-corrected chi connectivity index (χ3v) is 6.40. The van der Waals surface area contributed by atoms with Crippen LogP contribution in [-0.4, -0.2) is 49.3 Å². The van der Waals surface area contributed by atoms with E-state index >= 15 is 0 Å². The van der Waals surface area contributed by atoms with Crippen LogP contribution < -0.4 is 0 Å². The molecule has 0 saturated heterocycles. The molecule has 0 saturated carbocycles. The molecule has 38 heavy (non-hydrogen) atoms. The number of carbonyl (C=O) groups excluding carboxylic acids is 4. The highest BCUT2D eigenvalue weighted by Gasteiger charge is 2.38. The van der Waals surface area contributed by atoms with Gasteiger partial charge in [0.1, 0.15) is 12.2 Å². The molecule has 0 N–H and O–H groups in total. The molecule has 0 aromatic heterocycles. The summed E-state index contributed by atoms with van der Waals surface area (Å²) in [5.74, 6) is -1.60. The molecular formula is C30H54O8. The van der Waals surface area contributed by atoms with Gasteiger partial charge in [-0.3, -0.25) is 19.2 Å². The molecule has 0 spiro atoms.